The second kappa shape index (κ2) is 11.2. The molecule has 30 heavy (non-hydrogen) atoms. The van der Waals surface area contributed by atoms with E-state index >= 15 is 0 Å². The van der Waals surface area contributed by atoms with Gasteiger partial charge in [-0.15, -0.1) is 0 Å². The SMILES string of the molecule is O=S(=O)(NCCO)c1ccc(OCCOc2ccc(S(=O)(=O)NCCO)cc2)cc1. The number of hydrogen-bond acceptors (Lipinski definition) is 8. The lowest BCUT2D eigenvalue weighted by Gasteiger charge is -2.10. The van der Waals surface area contributed by atoms with E-state index in [-0.39, 0.29) is 49.3 Å². The topological polar surface area (TPSA) is 151 Å². The van der Waals surface area contributed by atoms with E-state index in [9.17, 15) is 16.8 Å². The fraction of sp³-hybridized carbons (Fsp3) is 0.333. The molecule has 0 aliphatic heterocycles. The molecule has 0 atom stereocenters. The quantitative estimate of drug-likeness (QED) is 0.297. The summed E-state index contributed by atoms with van der Waals surface area (Å²) in [7, 11) is -7.34. The van der Waals surface area contributed by atoms with E-state index in [1.165, 1.54) is 48.5 Å². The molecule has 2 rings (SSSR count). The zero-order chi connectivity index (χ0) is 22.0. The summed E-state index contributed by atoms with van der Waals surface area (Å²) in [5.74, 6) is 0.909. The number of sulfonamides is 2. The molecule has 0 amide bonds. The average molecular weight is 461 g/mol. The Morgan fingerprint density at radius 1 is 0.633 bits per heavy atom. The number of aliphatic hydroxyl groups excluding tert-OH is 2. The summed E-state index contributed by atoms with van der Waals surface area (Å²) in [5, 5.41) is 17.4. The maximum Gasteiger partial charge on any atom is 0.240 e. The van der Waals surface area contributed by atoms with Gasteiger partial charge < -0.3 is 19.7 Å². The number of hydrogen-bond donors (Lipinski definition) is 4. The normalized spacial score (nSPS) is 11.9. The van der Waals surface area contributed by atoms with Gasteiger partial charge in [0.2, 0.25) is 20.0 Å². The van der Waals surface area contributed by atoms with E-state index in [4.69, 9.17) is 19.7 Å². The molecule has 0 saturated heterocycles. The Labute approximate surface area is 175 Å². The third-order valence-electron chi connectivity index (χ3n) is 3.70. The molecule has 0 saturated carbocycles. The number of ether oxygens (including phenoxy) is 2. The van der Waals surface area contributed by atoms with Crippen LogP contribution < -0.4 is 18.9 Å². The highest BCUT2D eigenvalue weighted by Gasteiger charge is 2.14. The Balaban J connectivity index is 1.81. The Morgan fingerprint density at radius 3 is 1.27 bits per heavy atom. The first-order valence-electron chi connectivity index (χ1n) is 8.95. The van der Waals surface area contributed by atoms with E-state index in [1.54, 1.807) is 0 Å². The largest absolute Gasteiger partial charge is 0.490 e. The van der Waals surface area contributed by atoms with Gasteiger partial charge in [-0.25, -0.2) is 26.3 Å². The molecule has 2 aromatic carbocycles. The highest BCUT2D eigenvalue weighted by molar-refractivity contribution is 7.89. The zero-order valence-corrected chi connectivity index (χ0v) is 17.7. The number of benzene rings is 2. The maximum atomic E-state index is 11.9. The van der Waals surface area contributed by atoms with Crippen LogP contribution in [0.1, 0.15) is 0 Å². The van der Waals surface area contributed by atoms with Crippen molar-refractivity contribution < 1.29 is 36.5 Å². The summed E-state index contributed by atoms with van der Waals surface area (Å²) in [6.07, 6.45) is 0. The smallest absolute Gasteiger partial charge is 0.240 e. The summed E-state index contributed by atoms with van der Waals surface area (Å²) >= 11 is 0. The lowest BCUT2D eigenvalue weighted by molar-refractivity contribution is 0.217. The second-order valence-electron chi connectivity index (χ2n) is 5.88. The minimum Gasteiger partial charge on any atom is -0.490 e. The molecule has 166 valence electrons. The van der Waals surface area contributed by atoms with Crippen LogP contribution in [0.25, 0.3) is 0 Å². The number of nitrogens with one attached hydrogen (secondary N) is 2. The Morgan fingerprint density at radius 2 is 0.967 bits per heavy atom. The Hall–Kier alpha value is -2.22. The third kappa shape index (κ3) is 7.23. The summed E-state index contributed by atoms with van der Waals surface area (Å²) < 4.78 is 63.2. The van der Waals surface area contributed by atoms with Gasteiger partial charge >= 0.3 is 0 Å². The average Bonchev–Trinajstić information content (AvgIpc) is 2.74. The molecule has 0 aliphatic rings. The van der Waals surface area contributed by atoms with Gasteiger partial charge in [-0.05, 0) is 48.5 Å². The zero-order valence-electron chi connectivity index (χ0n) is 16.0. The lowest BCUT2D eigenvalue weighted by atomic mass is 10.3. The molecule has 0 radical (unpaired) electrons. The monoisotopic (exact) mass is 460 g/mol. The van der Waals surface area contributed by atoms with Crippen LogP contribution in [0, 0.1) is 0 Å². The van der Waals surface area contributed by atoms with Crippen LogP contribution in [0.5, 0.6) is 11.5 Å². The third-order valence-corrected chi connectivity index (χ3v) is 6.65. The fourth-order valence-corrected chi connectivity index (χ4v) is 4.32. The fourth-order valence-electron chi connectivity index (χ4n) is 2.28. The van der Waals surface area contributed by atoms with E-state index in [0.29, 0.717) is 11.5 Å². The first kappa shape index (κ1) is 24.1. The second-order valence-corrected chi connectivity index (χ2v) is 9.42. The minimum atomic E-state index is -3.67. The van der Waals surface area contributed by atoms with Crippen molar-refractivity contribution in [2.45, 2.75) is 9.79 Å². The summed E-state index contributed by atoms with van der Waals surface area (Å²) in [4.78, 5) is 0.117. The standard InChI is InChI=1S/C18H24N2O8S2/c21-11-9-19-29(23,24)17-5-1-15(2-6-17)27-13-14-28-16-3-7-18(8-4-16)30(25,26)20-10-12-22/h1-8,19-22H,9-14H2. The van der Waals surface area contributed by atoms with Gasteiger partial charge in [0, 0.05) is 13.1 Å². The van der Waals surface area contributed by atoms with Crippen LogP contribution in [0.3, 0.4) is 0 Å². The molecule has 0 bridgehead atoms. The number of rotatable bonds is 13. The van der Waals surface area contributed by atoms with E-state index in [1.807, 2.05) is 0 Å². The van der Waals surface area contributed by atoms with E-state index in [0.717, 1.165) is 0 Å². The van der Waals surface area contributed by atoms with Crippen molar-refractivity contribution in [2.24, 2.45) is 0 Å². The Kier molecular flexibility index (Phi) is 9.02. The molecule has 0 unspecified atom stereocenters. The molecule has 0 fully saturated rings. The van der Waals surface area contributed by atoms with Crippen LogP contribution in [-0.2, 0) is 20.0 Å². The van der Waals surface area contributed by atoms with Crippen LogP contribution in [0.15, 0.2) is 58.3 Å². The molecular weight excluding hydrogens is 436 g/mol. The van der Waals surface area contributed by atoms with Gasteiger partial charge in [-0.1, -0.05) is 0 Å². The van der Waals surface area contributed by atoms with Crippen molar-refractivity contribution in [3.63, 3.8) is 0 Å². The molecule has 4 N–H and O–H groups in total. The molecule has 0 aliphatic carbocycles. The first-order chi connectivity index (χ1) is 14.3. The van der Waals surface area contributed by atoms with Crippen molar-refractivity contribution in [1.29, 1.82) is 0 Å². The van der Waals surface area contributed by atoms with Crippen molar-refractivity contribution >= 4 is 20.0 Å². The summed E-state index contributed by atoms with van der Waals surface area (Å²) in [5.41, 5.74) is 0. The lowest BCUT2D eigenvalue weighted by Crippen LogP contribution is -2.26. The molecule has 0 heterocycles. The predicted octanol–water partition coefficient (Wildman–Crippen LogP) is -0.314. The van der Waals surface area contributed by atoms with Crippen molar-refractivity contribution in [2.75, 3.05) is 39.5 Å². The molecular formula is C18H24N2O8S2. The number of aliphatic hydroxyl groups is 2. The molecule has 0 aromatic heterocycles. The van der Waals surface area contributed by atoms with Gasteiger partial charge in [-0.3, -0.25) is 0 Å². The van der Waals surface area contributed by atoms with Gasteiger partial charge in [0.1, 0.15) is 24.7 Å². The minimum absolute atomic E-state index is 0.0584. The molecule has 10 nitrogen and oxygen atoms in total. The molecule has 0 spiro atoms. The summed E-state index contributed by atoms with van der Waals surface area (Å²) in [6, 6.07) is 11.6. The first-order valence-corrected chi connectivity index (χ1v) is 11.9. The molecule has 12 heteroatoms. The van der Waals surface area contributed by atoms with Crippen LogP contribution in [0.4, 0.5) is 0 Å². The van der Waals surface area contributed by atoms with Gasteiger partial charge in [0.15, 0.2) is 0 Å². The predicted molar refractivity (Wildman–Crippen MR) is 108 cm³/mol. The highest BCUT2D eigenvalue weighted by Crippen LogP contribution is 2.17. The Bertz CT molecular complexity index is 908. The van der Waals surface area contributed by atoms with Crippen LogP contribution in [0.2, 0.25) is 0 Å². The van der Waals surface area contributed by atoms with Gasteiger partial charge in [0.25, 0.3) is 0 Å². The van der Waals surface area contributed by atoms with Crippen molar-refractivity contribution in [3.05, 3.63) is 48.5 Å². The summed E-state index contributed by atoms with van der Waals surface area (Å²) in [6.45, 7) is -0.340. The van der Waals surface area contributed by atoms with Crippen LogP contribution in [-0.4, -0.2) is 66.6 Å². The van der Waals surface area contributed by atoms with E-state index in [2.05, 4.69) is 9.44 Å². The van der Waals surface area contributed by atoms with E-state index < -0.39 is 20.0 Å². The van der Waals surface area contributed by atoms with Gasteiger partial charge in [0.05, 0.1) is 23.0 Å². The molecule has 2 aromatic rings. The van der Waals surface area contributed by atoms with Gasteiger partial charge in [-0.2, -0.15) is 0 Å². The highest BCUT2D eigenvalue weighted by atomic mass is 32.2. The van der Waals surface area contributed by atoms with Crippen molar-refractivity contribution in [3.8, 4) is 11.5 Å². The van der Waals surface area contributed by atoms with Crippen molar-refractivity contribution in [1.82, 2.24) is 9.44 Å². The van der Waals surface area contributed by atoms with Crippen LogP contribution >= 0.6 is 0 Å². The maximum absolute atomic E-state index is 11.9.